The molecule has 0 bridgehead atoms. The third-order valence-corrected chi connectivity index (χ3v) is 6.67. The number of alkyl halides is 3. The first kappa shape index (κ1) is 25.3. The molecule has 0 spiro atoms. The Hall–Kier alpha value is -3.37. The number of carbonyl (C=O) groups is 1. The molecule has 194 valence electrons. The Morgan fingerprint density at radius 2 is 1.89 bits per heavy atom. The zero-order valence-corrected chi connectivity index (χ0v) is 21.2. The molecule has 7 nitrogen and oxygen atoms in total. The standard InChI is InChI=1S/C25H22Cl2F3N5O2/c1-24(2)8-14-19-18(33-23(34-19)35-20-16(26)10-31-11-17(20)27)7-13(21(14)37-24)22(36)32-9-12-5-3-4-6-15(12)25(28,29)30/h3-7,10-11,23,33-34H,8-9H2,1-2H3,(H,31,35)(H,32,36). The van der Waals surface area contributed by atoms with Gasteiger partial charge in [0.25, 0.3) is 5.91 Å². The Morgan fingerprint density at radius 3 is 2.59 bits per heavy atom. The van der Waals surface area contributed by atoms with Crippen molar-refractivity contribution < 1.29 is 22.7 Å². The number of nitrogens with zero attached hydrogens (tertiary/aromatic N) is 1. The lowest BCUT2D eigenvalue weighted by Gasteiger charge is -2.19. The van der Waals surface area contributed by atoms with Crippen LogP contribution >= 0.6 is 23.2 Å². The third kappa shape index (κ3) is 4.95. The summed E-state index contributed by atoms with van der Waals surface area (Å²) in [5.74, 6) is -0.160. The number of hydrogen-bond donors (Lipinski definition) is 4. The molecule has 1 aromatic heterocycles. The fourth-order valence-corrected chi connectivity index (χ4v) is 4.99. The van der Waals surface area contributed by atoms with Crippen LogP contribution in [-0.2, 0) is 19.1 Å². The van der Waals surface area contributed by atoms with Gasteiger partial charge in [0, 0.05) is 30.9 Å². The van der Waals surface area contributed by atoms with Crippen LogP contribution in [0.25, 0.3) is 0 Å². The van der Waals surface area contributed by atoms with Crippen molar-refractivity contribution in [3.05, 3.63) is 75.0 Å². The molecule has 12 heteroatoms. The van der Waals surface area contributed by atoms with Gasteiger partial charge in [0.2, 0.25) is 0 Å². The van der Waals surface area contributed by atoms with Crippen molar-refractivity contribution in [3.8, 4) is 5.75 Å². The predicted molar refractivity (Wildman–Crippen MR) is 136 cm³/mol. The third-order valence-electron chi connectivity index (χ3n) is 6.10. The van der Waals surface area contributed by atoms with Crippen LogP contribution in [0.4, 0.5) is 30.2 Å². The second-order valence-electron chi connectivity index (χ2n) is 9.37. The monoisotopic (exact) mass is 551 g/mol. The van der Waals surface area contributed by atoms with E-state index in [4.69, 9.17) is 27.9 Å². The Morgan fingerprint density at radius 1 is 1.19 bits per heavy atom. The van der Waals surface area contributed by atoms with Crippen LogP contribution < -0.4 is 26.0 Å². The fourth-order valence-electron chi connectivity index (χ4n) is 4.51. The van der Waals surface area contributed by atoms with Gasteiger partial charge >= 0.3 is 6.18 Å². The van der Waals surface area contributed by atoms with Gasteiger partial charge in [0.15, 0.2) is 6.29 Å². The largest absolute Gasteiger partial charge is 0.486 e. The summed E-state index contributed by atoms with van der Waals surface area (Å²) in [7, 11) is 0. The molecule has 1 unspecified atom stereocenters. The number of benzene rings is 2. The predicted octanol–water partition coefficient (Wildman–Crippen LogP) is 6.28. The number of anilines is 3. The molecule has 5 rings (SSSR count). The maximum absolute atomic E-state index is 13.4. The summed E-state index contributed by atoms with van der Waals surface area (Å²) in [5.41, 5.74) is 1.45. The summed E-state index contributed by atoms with van der Waals surface area (Å²) in [6.07, 6.45) is -1.60. The quantitative estimate of drug-likeness (QED) is 0.298. The lowest BCUT2D eigenvalue weighted by atomic mass is 9.97. The highest BCUT2D eigenvalue weighted by Crippen LogP contribution is 2.48. The van der Waals surface area contributed by atoms with Crippen LogP contribution in [0.5, 0.6) is 5.75 Å². The average Bonchev–Trinajstić information content (AvgIpc) is 3.38. The molecule has 37 heavy (non-hydrogen) atoms. The molecule has 0 aliphatic carbocycles. The molecular weight excluding hydrogens is 530 g/mol. The Balaban J connectivity index is 1.42. The van der Waals surface area contributed by atoms with Crippen LogP contribution in [-0.4, -0.2) is 22.8 Å². The minimum atomic E-state index is -4.53. The Bertz CT molecular complexity index is 1380. The normalized spacial score (nSPS) is 17.2. The summed E-state index contributed by atoms with van der Waals surface area (Å²) >= 11 is 12.5. The Kier molecular flexibility index (Phi) is 6.27. The van der Waals surface area contributed by atoms with Crippen LogP contribution in [0.1, 0.15) is 40.9 Å². The van der Waals surface area contributed by atoms with E-state index in [0.29, 0.717) is 33.6 Å². The van der Waals surface area contributed by atoms with Gasteiger partial charge in [-0.2, -0.15) is 13.2 Å². The number of pyridine rings is 1. The molecule has 3 aromatic rings. The van der Waals surface area contributed by atoms with Gasteiger partial charge < -0.3 is 26.0 Å². The molecular formula is C25H22Cl2F3N5O2. The number of nitrogens with one attached hydrogen (secondary N) is 4. The molecule has 0 radical (unpaired) electrons. The topological polar surface area (TPSA) is 87.3 Å². The van der Waals surface area contributed by atoms with E-state index in [1.807, 2.05) is 13.8 Å². The summed E-state index contributed by atoms with van der Waals surface area (Å²) in [6.45, 7) is 3.50. The number of halogens is 5. The molecule has 2 aliphatic rings. The highest BCUT2D eigenvalue weighted by Gasteiger charge is 2.39. The number of aromatic nitrogens is 1. The second kappa shape index (κ2) is 9.18. The van der Waals surface area contributed by atoms with Crippen molar-refractivity contribution in [2.75, 3.05) is 16.0 Å². The first-order valence-electron chi connectivity index (χ1n) is 11.3. The molecule has 2 aliphatic heterocycles. The van der Waals surface area contributed by atoms with Crippen molar-refractivity contribution >= 4 is 46.2 Å². The molecule has 0 saturated carbocycles. The van der Waals surface area contributed by atoms with Crippen molar-refractivity contribution in [2.24, 2.45) is 0 Å². The first-order valence-corrected chi connectivity index (χ1v) is 12.1. The molecule has 2 aromatic carbocycles. The lowest BCUT2D eigenvalue weighted by molar-refractivity contribution is -0.138. The number of ether oxygens (including phenoxy) is 1. The van der Waals surface area contributed by atoms with Gasteiger partial charge in [-0.05, 0) is 31.5 Å². The van der Waals surface area contributed by atoms with E-state index < -0.39 is 29.5 Å². The average molecular weight is 552 g/mol. The first-order chi connectivity index (χ1) is 17.4. The molecule has 1 atom stereocenters. The van der Waals surface area contributed by atoms with E-state index in [-0.39, 0.29) is 17.7 Å². The number of fused-ring (bicyclic) bond motifs is 3. The van der Waals surface area contributed by atoms with E-state index >= 15 is 0 Å². The van der Waals surface area contributed by atoms with Gasteiger partial charge in [-0.15, -0.1) is 0 Å². The number of hydrogen-bond acceptors (Lipinski definition) is 6. The van der Waals surface area contributed by atoms with Crippen LogP contribution in [0.2, 0.25) is 10.0 Å². The highest BCUT2D eigenvalue weighted by atomic mass is 35.5. The summed E-state index contributed by atoms with van der Waals surface area (Å²) in [4.78, 5) is 17.2. The molecule has 0 fully saturated rings. The molecule has 4 N–H and O–H groups in total. The van der Waals surface area contributed by atoms with E-state index in [1.54, 1.807) is 6.07 Å². The molecule has 1 amide bonds. The molecule has 0 saturated heterocycles. The van der Waals surface area contributed by atoms with Gasteiger partial charge in [0.05, 0.1) is 38.2 Å². The van der Waals surface area contributed by atoms with Gasteiger partial charge in [-0.3, -0.25) is 9.78 Å². The van der Waals surface area contributed by atoms with Crippen molar-refractivity contribution in [1.29, 1.82) is 0 Å². The van der Waals surface area contributed by atoms with E-state index in [2.05, 4.69) is 26.3 Å². The smallest absolute Gasteiger partial charge is 0.416 e. The Labute approximate surface area is 220 Å². The number of amides is 1. The fraction of sp³-hybridized carbons (Fsp3) is 0.280. The van der Waals surface area contributed by atoms with Gasteiger partial charge in [-0.25, -0.2) is 0 Å². The van der Waals surface area contributed by atoms with Crippen LogP contribution in [0, 0.1) is 0 Å². The maximum Gasteiger partial charge on any atom is 0.416 e. The minimum absolute atomic E-state index is 0.0300. The van der Waals surface area contributed by atoms with Crippen LogP contribution in [0.15, 0.2) is 42.7 Å². The second-order valence-corrected chi connectivity index (χ2v) is 10.2. The highest BCUT2D eigenvalue weighted by molar-refractivity contribution is 6.38. The van der Waals surface area contributed by atoms with E-state index in [0.717, 1.165) is 17.3 Å². The minimum Gasteiger partial charge on any atom is -0.486 e. The van der Waals surface area contributed by atoms with Crippen molar-refractivity contribution in [1.82, 2.24) is 10.3 Å². The van der Waals surface area contributed by atoms with Crippen molar-refractivity contribution in [2.45, 2.75) is 44.9 Å². The van der Waals surface area contributed by atoms with E-state index in [9.17, 15) is 18.0 Å². The van der Waals surface area contributed by atoms with Crippen molar-refractivity contribution in [3.63, 3.8) is 0 Å². The summed E-state index contributed by atoms with van der Waals surface area (Å²) in [6, 6.07) is 6.76. The molecule has 3 heterocycles. The summed E-state index contributed by atoms with van der Waals surface area (Å²) in [5, 5.41) is 13.0. The zero-order chi connectivity index (χ0) is 26.5. The van der Waals surface area contributed by atoms with Crippen LogP contribution in [0.3, 0.4) is 0 Å². The van der Waals surface area contributed by atoms with Gasteiger partial charge in [0.1, 0.15) is 11.4 Å². The SMILES string of the molecule is CC1(C)Cc2c3c(cc(C(=O)NCc4ccccc4C(F)(F)F)c2O1)NC(Nc1c(Cl)cncc1Cl)N3. The van der Waals surface area contributed by atoms with E-state index in [1.165, 1.54) is 30.6 Å². The van der Waals surface area contributed by atoms with Gasteiger partial charge in [-0.1, -0.05) is 41.4 Å². The summed E-state index contributed by atoms with van der Waals surface area (Å²) < 4.78 is 46.3. The lowest BCUT2D eigenvalue weighted by Crippen LogP contribution is -2.32. The number of carbonyl (C=O) groups excluding carboxylic acids is 1. The number of rotatable bonds is 5. The maximum atomic E-state index is 13.4. The zero-order valence-electron chi connectivity index (χ0n) is 19.7.